The van der Waals surface area contributed by atoms with Crippen LogP contribution >= 0.6 is 0 Å². The first kappa shape index (κ1) is 12.3. The third kappa shape index (κ3) is 4.62. The third-order valence-corrected chi connectivity index (χ3v) is 5.21. The second-order valence-electron chi connectivity index (χ2n) is 7.40. The van der Waals surface area contributed by atoms with Crippen LogP contribution in [-0.4, -0.2) is 59.8 Å². The van der Waals surface area contributed by atoms with Crippen molar-refractivity contribution in [3.05, 3.63) is 64.7 Å². The summed E-state index contributed by atoms with van der Waals surface area (Å²) < 4.78 is 98.4. The topological polar surface area (TPSA) is 91.0 Å². The van der Waals surface area contributed by atoms with Crippen molar-refractivity contribution in [3.63, 3.8) is 0 Å². The number of ether oxygens (including phenoxy) is 1. The van der Waals surface area contributed by atoms with Gasteiger partial charge in [-0.25, -0.2) is 0 Å². The third-order valence-electron chi connectivity index (χ3n) is 5.21. The van der Waals surface area contributed by atoms with Gasteiger partial charge in [0.2, 0.25) is 11.8 Å². The van der Waals surface area contributed by atoms with E-state index in [0.717, 1.165) is 6.07 Å². The SMILES string of the molecule is [2H]C([2H])(Nc1cccc2c1C([2H])([2H])N(C1([2H])C(=O)NC(=O)C([2H])([2H])C1([2H])[2H])C2=O)c1ccc(C([2H])([2H])N2CCOCC2)cc1. The van der Waals surface area contributed by atoms with Gasteiger partial charge in [-0.1, -0.05) is 30.3 Å². The number of nitrogens with one attached hydrogen (secondary N) is 2. The molecule has 2 aromatic carbocycles. The van der Waals surface area contributed by atoms with Crippen molar-refractivity contribution in [3.8, 4) is 0 Å². The Morgan fingerprint density at radius 2 is 1.88 bits per heavy atom. The number of imide groups is 1. The van der Waals surface area contributed by atoms with Crippen molar-refractivity contribution in [2.45, 2.75) is 38.3 Å². The second kappa shape index (κ2) is 9.33. The lowest BCUT2D eigenvalue weighted by molar-refractivity contribution is -0.136. The fourth-order valence-electron chi connectivity index (χ4n) is 3.54. The minimum atomic E-state index is -3.71. The Kier molecular flexibility index (Phi) is 3.48. The molecule has 172 valence electrons. The maximum absolute atomic E-state index is 13.5. The van der Waals surface area contributed by atoms with Gasteiger partial charge in [-0.15, -0.1) is 0 Å². The van der Waals surface area contributed by atoms with E-state index < -0.39 is 67.1 Å². The summed E-state index contributed by atoms with van der Waals surface area (Å²) in [6, 6.07) is 5.63. The van der Waals surface area contributed by atoms with E-state index in [1.807, 2.05) is 0 Å². The van der Waals surface area contributed by atoms with E-state index in [2.05, 4.69) is 5.32 Å². The number of fused-ring (bicyclic) bond motifs is 1. The van der Waals surface area contributed by atoms with Crippen LogP contribution in [0.25, 0.3) is 0 Å². The molecule has 8 heteroatoms. The predicted molar refractivity (Wildman–Crippen MR) is 122 cm³/mol. The lowest BCUT2D eigenvalue weighted by atomic mass is 10.0. The van der Waals surface area contributed by atoms with Crippen molar-refractivity contribution in [2.24, 2.45) is 0 Å². The molecule has 0 spiro atoms. The Morgan fingerprint density at radius 3 is 2.67 bits per heavy atom. The Labute approximate surface area is 208 Å². The standard InChI is InChI=1S/C25H28N4O4/c30-23-9-8-22(24(31)27-23)29-16-20-19(25(29)32)2-1-3-21(20)26-14-17-4-6-18(7-5-17)15-28-10-12-33-13-11-28/h1-7,22,26H,8-16H2,(H,27,30,31)/i8D2,9D2,14D2,15D2,16D2,22D. The average Bonchev–Trinajstić information content (AvgIpc) is 3.17. The van der Waals surface area contributed by atoms with E-state index in [1.165, 1.54) is 41.7 Å². The molecule has 1 atom stereocenters. The fourth-order valence-corrected chi connectivity index (χ4v) is 3.54. The number of morpholine rings is 1. The number of hydrogen-bond donors (Lipinski definition) is 2. The Morgan fingerprint density at radius 1 is 1.12 bits per heavy atom. The zero-order chi connectivity index (χ0) is 32.7. The fraction of sp³-hybridized carbons (Fsp3) is 0.400. The number of anilines is 1. The van der Waals surface area contributed by atoms with Gasteiger partial charge in [0.25, 0.3) is 5.91 Å². The molecule has 8 nitrogen and oxygen atoms in total. The number of carbonyl (C=O) groups is 3. The van der Waals surface area contributed by atoms with Gasteiger partial charge in [-0.3, -0.25) is 24.6 Å². The quantitative estimate of drug-likeness (QED) is 0.641. The molecule has 5 rings (SSSR count). The van der Waals surface area contributed by atoms with Gasteiger partial charge in [-0.05, 0) is 29.6 Å². The monoisotopic (exact) mass is 459 g/mol. The number of carbonyl (C=O) groups excluding carboxylic acids is 3. The van der Waals surface area contributed by atoms with E-state index in [1.54, 1.807) is 4.90 Å². The molecule has 2 fully saturated rings. The van der Waals surface area contributed by atoms with Gasteiger partial charge in [-0.2, -0.15) is 0 Å². The molecule has 3 heterocycles. The number of amides is 3. The molecule has 2 saturated heterocycles. The summed E-state index contributed by atoms with van der Waals surface area (Å²) in [7, 11) is 0. The lowest BCUT2D eigenvalue weighted by Gasteiger charge is -2.29. The Balaban J connectivity index is 1.49. The number of hydrogen-bond acceptors (Lipinski definition) is 6. The highest BCUT2D eigenvalue weighted by atomic mass is 16.5. The molecule has 2 aromatic rings. The Hall–Kier alpha value is -3.23. The van der Waals surface area contributed by atoms with Crippen LogP contribution in [0.3, 0.4) is 0 Å². The molecule has 2 N–H and O–H groups in total. The number of benzene rings is 2. The molecular formula is C25H28N4O4. The van der Waals surface area contributed by atoms with Gasteiger partial charge in [0.05, 0.1) is 20.1 Å². The summed E-state index contributed by atoms with van der Waals surface area (Å²) in [4.78, 5) is 40.1. The summed E-state index contributed by atoms with van der Waals surface area (Å²) in [5, 5.41) is 4.07. The zero-order valence-corrected chi connectivity index (χ0v) is 17.4. The summed E-state index contributed by atoms with van der Waals surface area (Å²) >= 11 is 0. The molecule has 0 bridgehead atoms. The Bertz CT molecular complexity index is 1530. The molecule has 0 aromatic heterocycles. The maximum atomic E-state index is 13.5. The molecule has 33 heavy (non-hydrogen) atoms. The molecule has 3 amide bonds. The number of nitrogens with zero attached hydrogens (tertiary/aromatic N) is 2. The summed E-state index contributed by atoms with van der Waals surface area (Å²) in [6.45, 7) is -5.96. The van der Waals surface area contributed by atoms with Crippen LogP contribution < -0.4 is 10.6 Å². The number of piperidine rings is 1. The molecule has 0 aliphatic carbocycles. The first-order valence-electron chi connectivity index (χ1n) is 15.8. The van der Waals surface area contributed by atoms with Crippen LogP contribution in [0.15, 0.2) is 42.5 Å². The molecule has 3 aliphatic rings. The minimum Gasteiger partial charge on any atom is -0.381 e. The van der Waals surface area contributed by atoms with Crippen LogP contribution in [-0.2, 0) is 33.8 Å². The van der Waals surface area contributed by atoms with Crippen LogP contribution in [0.2, 0.25) is 0 Å². The molecule has 3 aliphatic heterocycles. The lowest BCUT2D eigenvalue weighted by Crippen LogP contribution is -2.52. The van der Waals surface area contributed by atoms with Crippen LogP contribution in [0.4, 0.5) is 5.69 Å². The normalized spacial score (nSPS) is 33.8. The van der Waals surface area contributed by atoms with Crippen molar-refractivity contribution in [1.29, 1.82) is 0 Å². The zero-order valence-electron chi connectivity index (χ0n) is 28.4. The maximum Gasteiger partial charge on any atom is 0.255 e. The van der Waals surface area contributed by atoms with Gasteiger partial charge >= 0.3 is 0 Å². The van der Waals surface area contributed by atoms with E-state index >= 15 is 0 Å². The average molecular weight is 460 g/mol. The summed E-state index contributed by atoms with van der Waals surface area (Å²) in [6.07, 6.45) is -7.21. The first-order valence-corrected chi connectivity index (χ1v) is 10.3. The van der Waals surface area contributed by atoms with Gasteiger partial charge in [0.1, 0.15) is 6.02 Å². The molecule has 0 saturated carbocycles. The highest BCUT2D eigenvalue weighted by Gasteiger charge is 2.39. The van der Waals surface area contributed by atoms with Crippen LogP contribution in [0.5, 0.6) is 0 Å². The van der Waals surface area contributed by atoms with Crippen molar-refractivity contribution in [2.75, 3.05) is 31.6 Å². The van der Waals surface area contributed by atoms with Crippen molar-refractivity contribution < 1.29 is 34.2 Å². The first-order chi connectivity index (χ1) is 20.2. The summed E-state index contributed by atoms with van der Waals surface area (Å²) in [5.74, 6) is -4.77. The highest BCUT2D eigenvalue weighted by Crippen LogP contribution is 2.32. The van der Waals surface area contributed by atoms with Gasteiger partial charge < -0.3 is 15.0 Å². The van der Waals surface area contributed by atoms with Crippen LogP contribution in [0.1, 0.15) is 54.9 Å². The molecule has 0 radical (unpaired) electrons. The van der Waals surface area contributed by atoms with Gasteiger partial charge in [0.15, 0.2) is 0 Å². The highest BCUT2D eigenvalue weighted by molar-refractivity contribution is 6.06. The smallest absolute Gasteiger partial charge is 0.255 e. The second-order valence-corrected chi connectivity index (χ2v) is 7.40. The van der Waals surface area contributed by atoms with Crippen LogP contribution in [0, 0.1) is 0 Å². The van der Waals surface area contributed by atoms with Gasteiger partial charge in [0, 0.05) is 64.0 Å². The predicted octanol–water partition coefficient (Wildman–Crippen LogP) is 1.89. The van der Waals surface area contributed by atoms with Crippen molar-refractivity contribution >= 4 is 23.4 Å². The van der Waals surface area contributed by atoms with E-state index in [4.69, 9.17) is 19.8 Å². The molecular weight excluding hydrogens is 420 g/mol. The summed E-state index contributed by atoms with van der Waals surface area (Å²) in [5.41, 5.74) is -0.943. The van der Waals surface area contributed by atoms with E-state index in [0.29, 0.717) is 26.3 Å². The minimum absolute atomic E-state index is 0.0185. The van der Waals surface area contributed by atoms with E-state index in [-0.39, 0.29) is 21.7 Å². The van der Waals surface area contributed by atoms with Crippen molar-refractivity contribution in [1.82, 2.24) is 15.1 Å². The largest absolute Gasteiger partial charge is 0.381 e. The number of rotatable bonds is 6. The van der Waals surface area contributed by atoms with E-state index in [9.17, 15) is 14.4 Å². The molecule has 1 unspecified atom stereocenters.